The highest BCUT2D eigenvalue weighted by atomic mass is 16.5. The van der Waals surface area contributed by atoms with Crippen molar-refractivity contribution >= 4 is 11.7 Å². The second kappa shape index (κ2) is 5.88. The van der Waals surface area contributed by atoms with Gasteiger partial charge in [0.1, 0.15) is 17.9 Å². The van der Waals surface area contributed by atoms with Crippen LogP contribution in [0.3, 0.4) is 0 Å². The number of anilines is 1. The number of hydrogen-bond acceptors (Lipinski definition) is 8. The Morgan fingerprint density at radius 3 is 2.92 bits per heavy atom. The van der Waals surface area contributed by atoms with Crippen LogP contribution in [0.1, 0.15) is 53.9 Å². The summed E-state index contributed by atoms with van der Waals surface area (Å²) in [5.41, 5.74) is 0.270. The van der Waals surface area contributed by atoms with E-state index in [4.69, 9.17) is 9.78 Å². The van der Waals surface area contributed by atoms with Gasteiger partial charge in [0.2, 0.25) is 5.89 Å². The lowest BCUT2D eigenvalue weighted by molar-refractivity contribution is 0.0937. The number of carbonyl (C=O) groups is 1. The molecule has 2 aliphatic rings. The molecular weight excluding hydrogens is 310 g/mol. The highest BCUT2D eigenvalue weighted by Crippen LogP contribution is 2.34. The van der Waals surface area contributed by atoms with Crippen LogP contribution in [-0.4, -0.2) is 38.6 Å². The third kappa shape index (κ3) is 2.78. The van der Waals surface area contributed by atoms with E-state index < -0.39 is 0 Å². The van der Waals surface area contributed by atoms with Gasteiger partial charge in [-0.3, -0.25) is 4.79 Å². The molecular formula is C15H15N7O2. The molecule has 122 valence electrons. The Hall–Kier alpha value is -3.02. The third-order valence-electron chi connectivity index (χ3n) is 4.14. The molecule has 1 atom stereocenters. The van der Waals surface area contributed by atoms with Crippen molar-refractivity contribution < 1.29 is 9.32 Å². The van der Waals surface area contributed by atoms with Gasteiger partial charge in [0, 0.05) is 12.6 Å². The normalized spacial score (nSPS) is 20.0. The first-order valence-corrected chi connectivity index (χ1v) is 7.88. The van der Waals surface area contributed by atoms with Gasteiger partial charge in [0.25, 0.3) is 11.7 Å². The topological polar surface area (TPSA) is 121 Å². The highest BCUT2D eigenvalue weighted by Gasteiger charge is 2.33. The molecule has 0 spiro atoms. The zero-order chi connectivity index (χ0) is 16.5. The van der Waals surface area contributed by atoms with Gasteiger partial charge in [-0.2, -0.15) is 10.2 Å². The van der Waals surface area contributed by atoms with Gasteiger partial charge in [-0.25, -0.2) is 9.97 Å². The van der Waals surface area contributed by atoms with Gasteiger partial charge in [0.15, 0.2) is 5.69 Å². The average Bonchev–Trinajstić information content (AvgIpc) is 3.11. The molecule has 1 aliphatic carbocycles. The maximum atomic E-state index is 12.0. The number of hydrogen-bond donors (Lipinski definition) is 1. The lowest BCUT2D eigenvalue weighted by atomic mass is 10.2. The van der Waals surface area contributed by atoms with Crippen LogP contribution in [0.5, 0.6) is 0 Å². The smallest absolute Gasteiger partial charge is 0.292 e. The van der Waals surface area contributed by atoms with Crippen LogP contribution in [0, 0.1) is 11.3 Å². The van der Waals surface area contributed by atoms with Crippen molar-refractivity contribution in [1.29, 1.82) is 5.26 Å². The van der Waals surface area contributed by atoms with Crippen molar-refractivity contribution in [3.05, 3.63) is 29.8 Å². The van der Waals surface area contributed by atoms with E-state index in [0.717, 1.165) is 32.2 Å². The lowest BCUT2D eigenvalue weighted by Crippen LogP contribution is -2.27. The Kier molecular flexibility index (Phi) is 3.57. The SMILES string of the molecule is N#Cc1cnc(N2CCC[C@H]2c2nc(C(=O)NC3CC3)no2)cn1. The Morgan fingerprint density at radius 2 is 2.21 bits per heavy atom. The summed E-state index contributed by atoms with van der Waals surface area (Å²) in [6.07, 6.45) is 6.78. The Balaban J connectivity index is 1.52. The maximum absolute atomic E-state index is 12.0. The minimum Gasteiger partial charge on any atom is -0.346 e. The molecule has 9 heteroatoms. The van der Waals surface area contributed by atoms with Crippen LogP contribution in [0.2, 0.25) is 0 Å². The summed E-state index contributed by atoms with van der Waals surface area (Å²) < 4.78 is 5.30. The van der Waals surface area contributed by atoms with Gasteiger partial charge >= 0.3 is 0 Å². The van der Waals surface area contributed by atoms with Crippen LogP contribution >= 0.6 is 0 Å². The molecule has 0 bridgehead atoms. The molecule has 1 amide bonds. The second-order valence-corrected chi connectivity index (χ2v) is 5.93. The zero-order valence-electron chi connectivity index (χ0n) is 12.8. The van der Waals surface area contributed by atoms with E-state index in [1.54, 1.807) is 6.20 Å². The summed E-state index contributed by atoms with van der Waals surface area (Å²) in [6.45, 7) is 0.775. The number of aromatic nitrogens is 4. The van der Waals surface area contributed by atoms with Gasteiger partial charge in [-0.15, -0.1) is 0 Å². The number of nitrogens with one attached hydrogen (secondary N) is 1. The summed E-state index contributed by atoms with van der Waals surface area (Å²) >= 11 is 0. The molecule has 1 saturated heterocycles. The molecule has 2 aromatic rings. The van der Waals surface area contributed by atoms with E-state index in [1.807, 2.05) is 11.0 Å². The van der Waals surface area contributed by atoms with Crippen LogP contribution in [0.4, 0.5) is 5.82 Å². The zero-order valence-corrected chi connectivity index (χ0v) is 12.8. The standard InChI is InChI=1S/C15H15N7O2/c16-6-10-7-18-12(8-17-10)22-5-1-2-11(22)15-20-13(21-24-15)14(23)19-9-3-4-9/h7-9,11H,1-5H2,(H,19,23)/t11-/m0/s1. The van der Waals surface area contributed by atoms with Crippen molar-refractivity contribution in [2.24, 2.45) is 0 Å². The van der Waals surface area contributed by atoms with E-state index in [2.05, 4.69) is 25.4 Å². The minimum absolute atomic E-state index is 0.0645. The van der Waals surface area contributed by atoms with Crippen LogP contribution < -0.4 is 10.2 Å². The summed E-state index contributed by atoms with van der Waals surface area (Å²) in [5.74, 6) is 0.822. The van der Waals surface area contributed by atoms with Crippen LogP contribution in [0.15, 0.2) is 16.9 Å². The fourth-order valence-electron chi connectivity index (χ4n) is 2.77. The van der Waals surface area contributed by atoms with E-state index >= 15 is 0 Å². The summed E-state index contributed by atoms with van der Waals surface area (Å²) in [5, 5.41) is 15.4. The van der Waals surface area contributed by atoms with Crippen molar-refractivity contribution in [2.45, 2.75) is 37.8 Å². The molecule has 0 aromatic carbocycles. The fraction of sp³-hybridized carbons (Fsp3) is 0.467. The predicted octanol–water partition coefficient (Wildman–Crippen LogP) is 0.965. The summed E-state index contributed by atoms with van der Waals surface area (Å²) in [4.78, 5) is 26.6. The number of nitrogens with zero attached hydrogens (tertiary/aromatic N) is 6. The second-order valence-electron chi connectivity index (χ2n) is 5.93. The molecule has 24 heavy (non-hydrogen) atoms. The first kappa shape index (κ1) is 14.6. The average molecular weight is 325 g/mol. The summed E-state index contributed by atoms with van der Waals surface area (Å²) in [7, 11) is 0. The molecule has 1 saturated carbocycles. The molecule has 9 nitrogen and oxygen atoms in total. The largest absolute Gasteiger partial charge is 0.346 e. The molecule has 1 aliphatic heterocycles. The molecule has 1 N–H and O–H groups in total. The van der Waals surface area contributed by atoms with Crippen molar-refractivity contribution in [3.8, 4) is 6.07 Å². The number of nitriles is 1. The maximum Gasteiger partial charge on any atom is 0.292 e. The number of rotatable bonds is 4. The van der Waals surface area contributed by atoms with E-state index in [-0.39, 0.29) is 29.5 Å². The van der Waals surface area contributed by atoms with E-state index in [9.17, 15) is 4.79 Å². The van der Waals surface area contributed by atoms with E-state index in [1.165, 1.54) is 6.20 Å². The van der Waals surface area contributed by atoms with Crippen molar-refractivity contribution in [1.82, 2.24) is 25.4 Å². The predicted molar refractivity (Wildman–Crippen MR) is 80.9 cm³/mol. The molecule has 2 fully saturated rings. The number of amides is 1. The lowest BCUT2D eigenvalue weighted by Gasteiger charge is -2.22. The first-order valence-electron chi connectivity index (χ1n) is 7.88. The summed E-state index contributed by atoms with van der Waals surface area (Å²) in [6, 6.07) is 2.06. The first-order chi connectivity index (χ1) is 11.7. The van der Waals surface area contributed by atoms with Gasteiger partial charge in [0.05, 0.1) is 12.4 Å². The Labute approximate surface area is 137 Å². The molecule has 4 rings (SSSR count). The Bertz CT molecular complexity index is 791. The number of carbonyl (C=O) groups excluding carboxylic acids is 1. The van der Waals surface area contributed by atoms with Crippen LogP contribution in [-0.2, 0) is 0 Å². The highest BCUT2D eigenvalue weighted by molar-refractivity contribution is 5.90. The molecule has 3 heterocycles. The fourth-order valence-corrected chi connectivity index (χ4v) is 2.77. The van der Waals surface area contributed by atoms with Crippen molar-refractivity contribution in [2.75, 3.05) is 11.4 Å². The quantitative estimate of drug-likeness (QED) is 0.882. The van der Waals surface area contributed by atoms with Gasteiger partial charge in [-0.1, -0.05) is 5.16 Å². The van der Waals surface area contributed by atoms with Crippen molar-refractivity contribution in [3.63, 3.8) is 0 Å². The van der Waals surface area contributed by atoms with Gasteiger partial charge < -0.3 is 14.7 Å². The minimum atomic E-state index is -0.296. The molecule has 0 unspecified atom stereocenters. The molecule has 0 radical (unpaired) electrons. The molecule has 2 aromatic heterocycles. The monoisotopic (exact) mass is 325 g/mol. The Morgan fingerprint density at radius 1 is 1.33 bits per heavy atom. The third-order valence-corrected chi connectivity index (χ3v) is 4.14. The van der Waals surface area contributed by atoms with Gasteiger partial charge in [-0.05, 0) is 25.7 Å². The van der Waals surface area contributed by atoms with Crippen LogP contribution in [0.25, 0.3) is 0 Å². The van der Waals surface area contributed by atoms with E-state index in [0.29, 0.717) is 11.7 Å².